The largest absolute Gasteiger partial charge is 0.353 e. The van der Waals surface area contributed by atoms with Crippen LogP contribution in [0.3, 0.4) is 0 Å². The van der Waals surface area contributed by atoms with Gasteiger partial charge < -0.3 is 15.1 Å². The minimum Gasteiger partial charge on any atom is -0.353 e. The fourth-order valence-electron chi connectivity index (χ4n) is 1.69. The lowest BCUT2D eigenvalue weighted by Gasteiger charge is -2.16. The minimum atomic E-state index is -4.18. The highest BCUT2D eigenvalue weighted by atomic mass is 31.2. The summed E-state index contributed by atoms with van der Waals surface area (Å²) in [6, 6.07) is 0. The standard InChI is InChI=1S/C12H18N3O6P/c1-14(6-2-8-22(19,20)21)9-10(16)13-5-7-15-11(17)3-4-12(15)18/h2-4,8H,5-7,9H2,1H3,(H,13,16)(H2,19,20,21)/b8-2+. The molecule has 0 spiro atoms. The summed E-state index contributed by atoms with van der Waals surface area (Å²) in [4.78, 5) is 54.0. The Hall–Kier alpha value is -1.80. The van der Waals surface area contributed by atoms with E-state index in [0.29, 0.717) is 0 Å². The lowest BCUT2D eigenvalue weighted by Crippen LogP contribution is -2.41. The molecule has 3 amide bonds. The molecule has 0 aromatic carbocycles. The smallest absolute Gasteiger partial charge is 0.348 e. The molecule has 1 heterocycles. The Labute approximate surface area is 127 Å². The van der Waals surface area contributed by atoms with Crippen molar-refractivity contribution in [2.24, 2.45) is 0 Å². The van der Waals surface area contributed by atoms with Gasteiger partial charge in [0, 0.05) is 37.6 Å². The molecule has 0 bridgehead atoms. The number of hydrogen-bond donors (Lipinski definition) is 3. The minimum absolute atomic E-state index is 0.0195. The third-order valence-electron chi connectivity index (χ3n) is 2.69. The van der Waals surface area contributed by atoms with Crippen LogP contribution in [0.15, 0.2) is 24.0 Å². The van der Waals surface area contributed by atoms with Crippen LogP contribution < -0.4 is 5.32 Å². The number of rotatable bonds is 8. The number of nitrogens with one attached hydrogen (secondary N) is 1. The zero-order valence-corrected chi connectivity index (χ0v) is 12.9. The molecule has 0 aromatic heterocycles. The topological polar surface area (TPSA) is 127 Å². The van der Waals surface area contributed by atoms with Gasteiger partial charge in [-0.25, -0.2) is 0 Å². The average Bonchev–Trinajstić information content (AvgIpc) is 2.68. The molecule has 0 unspecified atom stereocenters. The van der Waals surface area contributed by atoms with E-state index in [9.17, 15) is 18.9 Å². The van der Waals surface area contributed by atoms with Crippen LogP contribution in [0, 0.1) is 0 Å². The third kappa shape index (κ3) is 6.77. The van der Waals surface area contributed by atoms with Gasteiger partial charge in [0.05, 0.1) is 6.54 Å². The monoisotopic (exact) mass is 331 g/mol. The number of carbonyl (C=O) groups excluding carboxylic acids is 3. The van der Waals surface area contributed by atoms with Crippen LogP contribution in [-0.2, 0) is 18.9 Å². The molecule has 0 atom stereocenters. The lowest BCUT2D eigenvalue weighted by molar-refractivity contribution is -0.137. The van der Waals surface area contributed by atoms with Crippen molar-refractivity contribution in [1.82, 2.24) is 15.1 Å². The first-order chi connectivity index (χ1) is 10.2. The van der Waals surface area contributed by atoms with Gasteiger partial charge in [0.25, 0.3) is 11.8 Å². The van der Waals surface area contributed by atoms with Crippen LogP contribution in [0.2, 0.25) is 0 Å². The third-order valence-corrected chi connectivity index (χ3v) is 3.29. The van der Waals surface area contributed by atoms with E-state index in [1.165, 1.54) is 18.2 Å². The molecule has 0 saturated carbocycles. The Morgan fingerprint density at radius 1 is 1.36 bits per heavy atom. The van der Waals surface area contributed by atoms with Crippen LogP contribution in [0.1, 0.15) is 0 Å². The van der Waals surface area contributed by atoms with E-state index in [0.717, 1.165) is 10.7 Å². The highest BCUT2D eigenvalue weighted by Crippen LogP contribution is 2.35. The van der Waals surface area contributed by atoms with Crippen molar-refractivity contribution in [2.75, 3.05) is 33.2 Å². The lowest BCUT2D eigenvalue weighted by atomic mass is 10.4. The molecule has 1 aliphatic rings. The Morgan fingerprint density at radius 3 is 2.50 bits per heavy atom. The quantitative estimate of drug-likeness (QED) is 0.371. The summed E-state index contributed by atoms with van der Waals surface area (Å²) < 4.78 is 10.6. The van der Waals surface area contributed by atoms with E-state index in [2.05, 4.69) is 5.32 Å². The van der Waals surface area contributed by atoms with Gasteiger partial charge >= 0.3 is 7.60 Å². The summed E-state index contributed by atoms with van der Waals surface area (Å²) in [6.07, 6.45) is 3.62. The molecule has 1 aliphatic heterocycles. The molecule has 0 fully saturated rings. The molecular weight excluding hydrogens is 313 g/mol. The molecule has 22 heavy (non-hydrogen) atoms. The van der Waals surface area contributed by atoms with Crippen molar-refractivity contribution in [3.05, 3.63) is 24.0 Å². The van der Waals surface area contributed by atoms with Crippen molar-refractivity contribution in [3.8, 4) is 0 Å². The maximum Gasteiger partial charge on any atom is 0.348 e. The maximum absolute atomic E-state index is 11.6. The van der Waals surface area contributed by atoms with E-state index in [1.54, 1.807) is 11.9 Å². The zero-order valence-electron chi connectivity index (χ0n) is 12.0. The summed E-state index contributed by atoms with van der Waals surface area (Å²) in [6.45, 7) is 0.458. The van der Waals surface area contributed by atoms with Crippen LogP contribution in [0.4, 0.5) is 0 Å². The first-order valence-corrected chi connectivity index (χ1v) is 8.09. The second kappa shape index (κ2) is 8.00. The Balaban J connectivity index is 2.23. The van der Waals surface area contributed by atoms with Gasteiger partial charge in [-0.2, -0.15) is 0 Å². The van der Waals surface area contributed by atoms with Crippen molar-refractivity contribution >= 4 is 25.3 Å². The molecule has 10 heteroatoms. The van der Waals surface area contributed by atoms with E-state index in [1.807, 2.05) is 0 Å². The fourth-order valence-corrected chi connectivity index (χ4v) is 2.06. The second-order valence-electron chi connectivity index (χ2n) is 4.68. The van der Waals surface area contributed by atoms with Crippen molar-refractivity contribution in [3.63, 3.8) is 0 Å². The normalized spacial score (nSPS) is 15.4. The Morgan fingerprint density at radius 2 is 1.95 bits per heavy atom. The molecule has 1 rings (SSSR count). The number of amides is 3. The van der Waals surface area contributed by atoms with Crippen LogP contribution in [0.5, 0.6) is 0 Å². The zero-order chi connectivity index (χ0) is 16.8. The van der Waals surface area contributed by atoms with Crippen LogP contribution in [0.25, 0.3) is 0 Å². The summed E-state index contributed by atoms with van der Waals surface area (Å²) in [5.74, 6) is -0.351. The first kappa shape index (κ1) is 18.2. The molecule has 0 saturated heterocycles. The van der Waals surface area contributed by atoms with E-state index >= 15 is 0 Å². The molecule has 0 aromatic rings. The summed E-state index contributed by atoms with van der Waals surface area (Å²) >= 11 is 0. The van der Waals surface area contributed by atoms with E-state index < -0.39 is 19.4 Å². The highest BCUT2D eigenvalue weighted by molar-refractivity contribution is 7.55. The summed E-state index contributed by atoms with van der Waals surface area (Å²) in [5, 5.41) is 2.56. The van der Waals surface area contributed by atoms with Crippen molar-refractivity contribution < 1.29 is 28.7 Å². The van der Waals surface area contributed by atoms with Crippen molar-refractivity contribution in [1.29, 1.82) is 0 Å². The Kier molecular flexibility index (Phi) is 6.63. The number of carbonyl (C=O) groups is 3. The molecular formula is C12H18N3O6P. The van der Waals surface area contributed by atoms with Crippen LogP contribution in [-0.4, -0.2) is 70.5 Å². The molecule has 0 aliphatic carbocycles. The van der Waals surface area contributed by atoms with Crippen LogP contribution >= 0.6 is 7.60 Å². The van der Waals surface area contributed by atoms with Gasteiger partial charge in [0.15, 0.2) is 0 Å². The number of nitrogens with zero attached hydrogens (tertiary/aromatic N) is 2. The van der Waals surface area contributed by atoms with Gasteiger partial charge in [-0.15, -0.1) is 0 Å². The summed E-state index contributed by atoms with van der Waals surface area (Å²) in [5.41, 5.74) is 0. The van der Waals surface area contributed by atoms with Gasteiger partial charge in [0.2, 0.25) is 5.91 Å². The number of likely N-dealkylation sites (N-methyl/N-ethyl adjacent to an activating group) is 1. The van der Waals surface area contributed by atoms with Gasteiger partial charge in [-0.3, -0.25) is 28.7 Å². The SMILES string of the molecule is CN(C/C=C/P(=O)(O)O)CC(=O)NCCN1C(=O)C=CC1=O. The summed E-state index contributed by atoms with van der Waals surface area (Å²) in [7, 11) is -2.57. The molecule has 9 nitrogen and oxygen atoms in total. The first-order valence-electron chi connectivity index (χ1n) is 6.41. The van der Waals surface area contributed by atoms with Gasteiger partial charge in [-0.05, 0) is 7.05 Å². The predicted molar refractivity (Wildman–Crippen MR) is 77.6 cm³/mol. The van der Waals surface area contributed by atoms with E-state index in [-0.39, 0.29) is 32.1 Å². The number of imide groups is 1. The predicted octanol–water partition coefficient (Wildman–Crippen LogP) is -1.35. The van der Waals surface area contributed by atoms with Gasteiger partial charge in [0.1, 0.15) is 0 Å². The van der Waals surface area contributed by atoms with Crippen molar-refractivity contribution in [2.45, 2.75) is 0 Å². The molecule has 3 N–H and O–H groups in total. The highest BCUT2D eigenvalue weighted by Gasteiger charge is 2.22. The maximum atomic E-state index is 11.6. The molecule has 122 valence electrons. The Bertz CT molecular complexity index is 535. The second-order valence-corrected chi connectivity index (χ2v) is 6.16. The average molecular weight is 331 g/mol. The fraction of sp³-hybridized carbons (Fsp3) is 0.417. The van der Waals surface area contributed by atoms with E-state index in [4.69, 9.17) is 9.79 Å². The molecule has 0 radical (unpaired) electrons. The number of hydrogen-bond acceptors (Lipinski definition) is 5. The van der Waals surface area contributed by atoms with Gasteiger partial charge in [-0.1, -0.05) is 6.08 Å².